The highest BCUT2D eigenvalue weighted by Gasteiger charge is 2.51. The van der Waals surface area contributed by atoms with Gasteiger partial charge in [0.25, 0.3) is 0 Å². The van der Waals surface area contributed by atoms with E-state index in [1.807, 2.05) is 0 Å². The number of aliphatic carboxylic acids is 2. The quantitative estimate of drug-likeness (QED) is 0.364. The summed E-state index contributed by atoms with van der Waals surface area (Å²) in [6.45, 7) is 0. The molecule has 24 heavy (non-hydrogen) atoms. The van der Waals surface area contributed by atoms with Gasteiger partial charge in [-0.1, -0.05) is 11.8 Å². The molecule has 1 unspecified atom stereocenters. The van der Waals surface area contributed by atoms with Gasteiger partial charge < -0.3 is 20.9 Å². The molecule has 3 heterocycles. The van der Waals surface area contributed by atoms with E-state index >= 15 is 0 Å². The molecule has 2 aliphatic heterocycles. The maximum Gasteiger partial charge on any atom is 0.352 e. The van der Waals surface area contributed by atoms with Crippen molar-refractivity contribution in [3.05, 3.63) is 17.1 Å². The van der Waals surface area contributed by atoms with Crippen LogP contribution >= 0.6 is 23.5 Å². The van der Waals surface area contributed by atoms with Crippen LogP contribution in [0, 0.1) is 0 Å². The zero-order valence-corrected chi connectivity index (χ0v) is 13.8. The molecule has 0 aromatic carbocycles. The summed E-state index contributed by atoms with van der Waals surface area (Å²) in [5.74, 6) is -1.62. The molecule has 128 valence electrons. The molecule has 0 saturated carbocycles. The number of thioether (sulfide) groups is 2. The summed E-state index contributed by atoms with van der Waals surface area (Å²) in [6.07, 6.45) is -0.270. The Morgan fingerprint density at radius 2 is 2.17 bits per heavy atom. The van der Waals surface area contributed by atoms with Crippen LogP contribution < -0.4 is 5.73 Å². The van der Waals surface area contributed by atoms with Crippen LogP contribution in [0.25, 0.3) is 0 Å². The second-order valence-corrected chi connectivity index (χ2v) is 7.20. The fraction of sp³-hybridized carbons (Fsp3) is 0.417. The largest absolute Gasteiger partial charge is 0.481 e. The number of H-pyrrole nitrogens is 1. The van der Waals surface area contributed by atoms with Crippen LogP contribution in [0.15, 0.2) is 16.4 Å². The van der Waals surface area contributed by atoms with E-state index in [1.54, 1.807) is 0 Å². The molecule has 0 radical (unpaired) electrons. The molecule has 10 nitrogen and oxygen atoms in total. The van der Waals surface area contributed by atoms with Gasteiger partial charge in [-0.15, -0.1) is 22.0 Å². The minimum Gasteiger partial charge on any atom is -0.481 e. The lowest BCUT2D eigenvalue weighted by atomic mass is 10.0. The first-order valence-electron chi connectivity index (χ1n) is 6.80. The molecule has 1 fully saturated rings. The molecule has 5 N–H and O–H groups in total. The fourth-order valence-corrected chi connectivity index (χ4v) is 4.67. The van der Waals surface area contributed by atoms with Crippen molar-refractivity contribution in [2.75, 3.05) is 11.5 Å². The van der Waals surface area contributed by atoms with E-state index < -0.39 is 23.9 Å². The van der Waals surface area contributed by atoms with Crippen LogP contribution in [0.4, 0.5) is 0 Å². The van der Waals surface area contributed by atoms with Gasteiger partial charge in [0.05, 0.1) is 0 Å². The number of carboxylic acid groups (broad SMARTS) is 2. The molecule has 3 rings (SSSR count). The number of hydrogen-bond donors (Lipinski definition) is 4. The number of β-lactam (4-membered cyclic amide) rings is 1. The number of amides is 1. The maximum atomic E-state index is 11.8. The van der Waals surface area contributed by atoms with E-state index in [4.69, 9.17) is 10.8 Å². The van der Waals surface area contributed by atoms with Gasteiger partial charge >= 0.3 is 11.9 Å². The molecule has 2 atom stereocenters. The van der Waals surface area contributed by atoms with Crippen LogP contribution in [-0.4, -0.2) is 71.1 Å². The summed E-state index contributed by atoms with van der Waals surface area (Å²) in [5.41, 5.74) is 6.25. The van der Waals surface area contributed by atoms with E-state index in [2.05, 4.69) is 15.2 Å². The molecule has 1 saturated heterocycles. The Hall–Kier alpha value is -2.05. The average molecular weight is 371 g/mol. The van der Waals surface area contributed by atoms with Gasteiger partial charge in [-0.3, -0.25) is 14.5 Å². The van der Waals surface area contributed by atoms with E-state index in [0.29, 0.717) is 22.2 Å². The normalized spacial score (nSPS) is 23.0. The standard InChI is InChI=1S/C12H13N5O5S2/c13-7-9(20)17-8(11(21)22)4(2-23-10(7)17)3-24-12-14-5(15-16-12)1-6(18)19/h7,10H,1-3,13H2,(H,18,19)(H,21,22)(H,14,15,16)/t7?,10-/m1/s1. The third-order valence-corrected chi connectivity index (χ3v) is 5.82. The first-order valence-corrected chi connectivity index (χ1v) is 8.83. The van der Waals surface area contributed by atoms with Crippen LogP contribution in [0.2, 0.25) is 0 Å². The van der Waals surface area contributed by atoms with E-state index in [0.717, 1.165) is 0 Å². The fourth-order valence-electron chi connectivity index (χ4n) is 2.41. The highest BCUT2D eigenvalue weighted by Crippen LogP contribution is 2.40. The number of hydrogen-bond acceptors (Lipinski definition) is 8. The van der Waals surface area contributed by atoms with Crippen LogP contribution in [0.1, 0.15) is 5.82 Å². The zero-order chi connectivity index (χ0) is 17.4. The number of nitrogens with two attached hydrogens (primary N) is 1. The zero-order valence-electron chi connectivity index (χ0n) is 12.1. The van der Waals surface area contributed by atoms with Crippen LogP contribution in [0.3, 0.4) is 0 Å². The average Bonchev–Trinajstić information content (AvgIpc) is 2.97. The van der Waals surface area contributed by atoms with Crippen molar-refractivity contribution in [2.45, 2.75) is 23.0 Å². The second kappa shape index (κ2) is 6.45. The van der Waals surface area contributed by atoms with Gasteiger partial charge in [-0.05, 0) is 5.57 Å². The minimum atomic E-state index is -1.17. The van der Waals surface area contributed by atoms with E-state index in [1.165, 1.54) is 28.4 Å². The van der Waals surface area contributed by atoms with Gasteiger partial charge in [0.2, 0.25) is 5.91 Å². The predicted molar refractivity (Wildman–Crippen MR) is 84.2 cm³/mol. The van der Waals surface area contributed by atoms with Gasteiger partial charge in [0.15, 0.2) is 5.16 Å². The Bertz CT molecular complexity index is 748. The van der Waals surface area contributed by atoms with Crippen molar-refractivity contribution >= 4 is 41.4 Å². The van der Waals surface area contributed by atoms with Gasteiger partial charge in [0, 0.05) is 11.5 Å². The molecule has 2 aliphatic rings. The molecule has 0 bridgehead atoms. The molecule has 12 heteroatoms. The number of nitrogens with zero attached hydrogens (tertiary/aromatic N) is 3. The smallest absolute Gasteiger partial charge is 0.352 e. The first kappa shape index (κ1) is 16.8. The second-order valence-electron chi connectivity index (χ2n) is 5.13. The third kappa shape index (κ3) is 2.99. The van der Waals surface area contributed by atoms with Crippen molar-refractivity contribution in [3.8, 4) is 0 Å². The topological polar surface area (TPSA) is 162 Å². The van der Waals surface area contributed by atoms with Crippen molar-refractivity contribution in [2.24, 2.45) is 5.73 Å². The lowest BCUT2D eigenvalue weighted by Crippen LogP contribution is -2.68. The maximum absolute atomic E-state index is 11.8. The van der Waals surface area contributed by atoms with Gasteiger partial charge in [-0.25, -0.2) is 4.79 Å². The number of nitrogens with one attached hydrogen (secondary N) is 1. The third-order valence-electron chi connectivity index (χ3n) is 3.51. The Balaban J connectivity index is 1.73. The molecular formula is C12H13N5O5S2. The summed E-state index contributed by atoms with van der Waals surface area (Å²) in [4.78, 5) is 38.0. The van der Waals surface area contributed by atoms with Gasteiger partial charge in [0.1, 0.15) is 29.4 Å². The molecule has 1 aromatic rings. The summed E-state index contributed by atoms with van der Waals surface area (Å²) in [6, 6.07) is -0.661. The van der Waals surface area contributed by atoms with Crippen LogP contribution in [-0.2, 0) is 20.8 Å². The highest BCUT2D eigenvalue weighted by atomic mass is 32.2. The number of aromatic nitrogens is 3. The number of carboxylic acids is 2. The monoisotopic (exact) mass is 371 g/mol. The molecular weight excluding hydrogens is 358 g/mol. The number of carbonyl (C=O) groups excluding carboxylic acids is 1. The van der Waals surface area contributed by atoms with Crippen molar-refractivity contribution in [1.82, 2.24) is 20.1 Å². The SMILES string of the molecule is NC1C(=O)N2C(C(=O)O)=C(CSc3nnc(CC(=O)O)[nH]3)CS[C@H]12. The van der Waals surface area contributed by atoms with Gasteiger partial charge in [-0.2, -0.15) is 0 Å². The lowest BCUT2D eigenvalue weighted by Gasteiger charge is -2.48. The highest BCUT2D eigenvalue weighted by molar-refractivity contribution is 8.01. The van der Waals surface area contributed by atoms with Crippen molar-refractivity contribution in [1.29, 1.82) is 0 Å². The summed E-state index contributed by atoms with van der Waals surface area (Å²) in [5, 5.41) is 25.7. The molecule has 1 amide bonds. The first-order chi connectivity index (χ1) is 11.4. The molecule has 1 aromatic heterocycles. The summed E-state index contributed by atoms with van der Waals surface area (Å²) < 4.78 is 0. The Kier molecular flexibility index (Phi) is 4.51. The van der Waals surface area contributed by atoms with Crippen LogP contribution in [0.5, 0.6) is 0 Å². The molecule has 0 spiro atoms. The molecule has 0 aliphatic carbocycles. The van der Waals surface area contributed by atoms with E-state index in [9.17, 15) is 19.5 Å². The Morgan fingerprint density at radius 1 is 1.42 bits per heavy atom. The number of rotatable bonds is 6. The van der Waals surface area contributed by atoms with E-state index in [-0.39, 0.29) is 23.3 Å². The Morgan fingerprint density at radius 3 is 2.83 bits per heavy atom. The Labute approximate surface area is 143 Å². The van der Waals surface area contributed by atoms with Crippen molar-refractivity contribution < 1.29 is 24.6 Å². The minimum absolute atomic E-state index is 0.0248. The predicted octanol–water partition coefficient (Wildman–Crippen LogP) is -0.895. The number of aromatic amines is 1. The lowest BCUT2D eigenvalue weighted by molar-refractivity contribution is -0.147. The van der Waals surface area contributed by atoms with Crippen molar-refractivity contribution in [3.63, 3.8) is 0 Å². The number of carbonyl (C=O) groups is 3. The summed E-state index contributed by atoms with van der Waals surface area (Å²) >= 11 is 2.62. The number of fused-ring (bicyclic) bond motifs is 1. The summed E-state index contributed by atoms with van der Waals surface area (Å²) in [7, 11) is 0.